The van der Waals surface area contributed by atoms with E-state index in [1.807, 2.05) is 42.5 Å². The van der Waals surface area contributed by atoms with Crippen molar-refractivity contribution < 1.29 is 14.7 Å². The van der Waals surface area contributed by atoms with Crippen molar-refractivity contribution in [3.8, 4) is 0 Å². The minimum Gasteiger partial charge on any atom is -0.480 e. The van der Waals surface area contributed by atoms with Crippen molar-refractivity contribution in [2.24, 2.45) is 0 Å². The molecular weight excluding hydrogens is 242 g/mol. The summed E-state index contributed by atoms with van der Waals surface area (Å²) in [6.07, 6.45) is 0.183. The van der Waals surface area contributed by atoms with Gasteiger partial charge in [0.25, 0.3) is 0 Å². The molecule has 2 aromatic rings. The monoisotopic (exact) mass is 257 g/mol. The summed E-state index contributed by atoms with van der Waals surface area (Å²) in [5, 5.41) is 13.3. The molecule has 0 fully saturated rings. The zero-order valence-corrected chi connectivity index (χ0v) is 10.6. The predicted octanol–water partition coefficient (Wildman–Crippen LogP) is 1.97. The molecule has 98 valence electrons. The number of carboxylic acids is 1. The minimum atomic E-state index is -1.04. The second kappa shape index (κ2) is 5.52. The zero-order chi connectivity index (χ0) is 13.8. The molecule has 0 saturated carbocycles. The molecule has 0 spiro atoms. The highest BCUT2D eigenvalue weighted by Crippen LogP contribution is 2.15. The summed E-state index contributed by atoms with van der Waals surface area (Å²) in [4.78, 5) is 22.3. The van der Waals surface area contributed by atoms with Crippen LogP contribution in [0.15, 0.2) is 42.5 Å². The van der Waals surface area contributed by atoms with Gasteiger partial charge in [-0.05, 0) is 23.3 Å². The third kappa shape index (κ3) is 3.31. The predicted molar refractivity (Wildman–Crippen MR) is 72.9 cm³/mol. The molecule has 0 saturated heterocycles. The molecule has 0 aliphatic heterocycles. The van der Waals surface area contributed by atoms with Crippen molar-refractivity contribution >= 4 is 22.6 Å². The summed E-state index contributed by atoms with van der Waals surface area (Å²) in [6, 6.07) is 12.8. The fourth-order valence-corrected chi connectivity index (χ4v) is 1.89. The molecule has 0 aliphatic carbocycles. The van der Waals surface area contributed by atoms with Gasteiger partial charge in [-0.25, -0.2) is 0 Å². The highest BCUT2D eigenvalue weighted by molar-refractivity contribution is 5.87. The van der Waals surface area contributed by atoms with E-state index < -0.39 is 12.0 Å². The van der Waals surface area contributed by atoms with Crippen LogP contribution in [0.2, 0.25) is 0 Å². The number of aliphatic carboxylic acids is 1. The van der Waals surface area contributed by atoms with Gasteiger partial charge in [0.2, 0.25) is 5.91 Å². The highest BCUT2D eigenvalue weighted by Gasteiger charge is 2.13. The lowest BCUT2D eigenvalue weighted by Crippen LogP contribution is -2.39. The number of carbonyl (C=O) groups excluding carboxylic acids is 1. The Kier molecular flexibility index (Phi) is 3.80. The molecule has 1 amide bonds. The van der Waals surface area contributed by atoms with Crippen molar-refractivity contribution in [3.63, 3.8) is 0 Å². The van der Waals surface area contributed by atoms with Crippen molar-refractivity contribution in [1.82, 2.24) is 5.32 Å². The summed E-state index contributed by atoms with van der Waals surface area (Å²) >= 11 is 0. The number of fused-ring (bicyclic) bond motifs is 1. The van der Waals surface area contributed by atoms with Gasteiger partial charge in [-0.1, -0.05) is 42.5 Å². The van der Waals surface area contributed by atoms with E-state index >= 15 is 0 Å². The first kappa shape index (κ1) is 13.1. The van der Waals surface area contributed by atoms with Crippen molar-refractivity contribution in [3.05, 3.63) is 48.0 Å². The van der Waals surface area contributed by atoms with Crippen molar-refractivity contribution in [2.75, 3.05) is 0 Å². The summed E-state index contributed by atoms with van der Waals surface area (Å²) in [5.41, 5.74) is 0.869. The second-order valence-corrected chi connectivity index (χ2v) is 4.49. The second-order valence-electron chi connectivity index (χ2n) is 4.49. The fourth-order valence-electron chi connectivity index (χ4n) is 1.89. The molecule has 4 nitrogen and oxygen atoms in total. The van der Waals surface area contributed by atoms with E-state index in [9.17, 15) is 9.59 Å². The summed E-state index contributed by atoms with van der Waals surface area (Å²) in [7, 11) is 0. The lowest BCUT2D eigenvalue weighted by atomic mass is 10.0. The molecule has 0 radical (unpaired) electrons. The Bertz CT molecular complexity index is 622. The van der Waals surface area contributed by atoms with Gasteiger partial charge in [-0.15, -0.1) is 0 Å². The maximum absolute atomic E-state index is 11.7. The lowest BCUT2D eigenvalue weighted by Gasteiger charge is -2.09. The van der Waals surface area contributed by atoms with Crippen LogP contribution >= 0.6 is 0 Å². The number of carboxylic acid groups (broad SMARTS) is 1. The van der Waals surface area contributed by atoms with Gasteiger partial charge in [-0.3, -0.25) is 9.59 Å². The van der Waals surface area contributed by atoms with Gasteiger partial charge in [0.05, 0.1) is 6.42 Å². The first-order chi connectivity index (χ1) is 9.06. The third-order valence-electron chi connectivity index (χ3n) is 2.93. The van der Waals surface area contributed by atoms with Gasteiger partial charge in [-0.2, -0.15) is 0 Å². The molecule has 4 heteroatoms. The summed E-state index contributed by atoms with van der Waals surface area (Å²) < 4.78 is 0. The largest absolute Gasteiger partial charge is 0.480 e. The van der Waals surface area contributed by atoms with Gasteiger partial charge in [0.1, 0.15) is 6.04 Å². The Balaban J connectivity index is 2.09. The Morgan fingerprint density at radius 3 is 2.53 bits per heavy atom. The van der Waals surface area contributed by atoms with E-state index in [1.165, 1.54) is 6.92 Å². The highest BCUT2D eigenvalue weighted by atomic mass is 16.4. The average molecular weight is 257 g/mol. The average Bonchev–Trinajstić information content (AvgIpc) is 2.38. The lowest BCUT2D eigenvalue weighted by molar-refractivity contribution is -0.141. The number of rotatable bonds is 4. The molecule has 2 N–H and O–H groups in total. The van der Waals surface area contributed by atoms with Crippen molar-refractivity contribution in [2.45, 2.75) is 19.4 Å². The minimum absolute atomic E-state index is 0.183. The summed E-state index contributed by atoms with van der Waals surface area (Å²) in [6.45, 7) is 1.45. The first-order valence-corrected chi connectivity index (χ1v) is 6.06. The zero-order valence-electron chi connectivity index (χ0n) is 10.6. The van der Waals surface area contributed by atoms with Gasteiger partial charge in [0.15, 0.2) is 0 Å². The van der Waals surface area contributed by atoms with Crippen molar-refractivity contribution in [1.29, 1.82) is 0 Å². The van der Waals surface area contributed by atoms with Crippen LogP contribution in [0.3, 0.4) is 0 Å². The molecule has 19 heavy (non-hydrogen) atoms. The first-order valence-electron chi connectivity index (χ1n) is 6.06. The number of benzene rings is 2. The van der Waals surface area contributed by atoms with Crippen LogP contribution in [0.5, 0.6) is 0 Å². The normalized spacial score (nSPS) is 12.1. The van der Waals surface area contributed by atoms with E-state index in [1.54, 1.807) is 0 Å². The molecule has 2 aromatic carbocycles. The smallest absolute Gasteiger partial charge is 0.325 e. The molecule has 1 atom stereocenters. The third-order valence-corrected chi connectivity index (χ3v) is 2.93. The summed E-state index contributed by atoms with van der Waals surface area (Å²) in [5.74, 6) is -1.32. The van der Waals surface area contributed by atoms with Crippen LogP contribution in [0.25, 0.3) is 10.8 Å². The standard InChI is InChI=1S/C15H15NO3/c1-10(15(18)19)16-14(17)9-11-6-7-12-4-2-3-5-13(12)8-11/h2-8,10H,9H2,1H3,(H,16,17)(H,18,19)/t10-/m1/s1. The number of carbonyl (C=O) groups is 2. The Morgan fingerprint density at radius 1 is 1.16 bits per heavy atom. The molecule has 0 bridgehead atoms. The topological polar surface area (TPSA) is 66.4 Å². The number of hydrogen-bond donors (Lipinski definition) is 2. The van der Waals surface area contributed by atoms with E-state index in [-0.39, 0.29) is 12.3 Å². The maximum atomic E-state index is 11.7. The Hall–Kier alpha value is -2.36. The van der Waals surface area contributed by atoms with E-state index in [2.05, 4.69) is 5.32 Å². The Labute approximate surface area is 111 Å². The fraction of sp³-hybridized carbons (Fsp3) is 0.200. The number of amides is 1. The number of hydrogen-bond acceptors (Lipinski definition) is 2. The van der Waals surface area contributed by atoms with Gasteiger partial charge >= 0.3 is 5.97 Å². The van der Waals surface area contributed by atoms with E-state index in [4.69, 9.17) is 5.11 Å². The van der Waals surface area contributed by atoms with Gasteiger partial charge < -0.3 is 10.4 Å². The van der Waals surface area contributed by atoms with E-state index in [0.717, 1.165) is 16.3 Å². The van der Waals surface area contributed by atoms with Crippen LogP contribution in [-0.2, 0) is 16.0 Å². The molecule has 0 unspecified atom stereocenters. The van der Waals surface area contributed by atoms with Crippen LogP contribution in [-0.4, -0.2) is 23.0 Å². The molecule has 2 rings (SSSR count). The maximum Gasteiger partial charge on any atom is 0.325 e. The van der Waals surface area contributed by atoms with Crippen LogP contribution in [0.1, 0.15) is 12.5 Å². The molecule has 0 heterocycles. The van der Waals surface area contributed by atoms with Gasteiger partial charge in [0, 0.05) is 0 Å². The van der Waals surface area contributed by atoms with Crippen LogP contribution < -0.4 is 5.32 Å². The number of nitrogens with one attached hydrogen (secondary N) is 1. The van der Waals surface area contributed by atoms with Crippen LogP contribution in [0.4, 0.5) is 0 Å². The molecule has 0 aromatic heterocycles. The SMILES string of the molecule is C[C@@H](NC(=O)Cc1ccc2ccccc2c1)C(=O)O. The Morgan fingerprint density at radius 2 is 1.84 bits per heavy atom. The molecule has 0 aliphatic rings. The molecular formula is C15H15NO3. The van der Waals surface area contributed by atoms with E-state index in [0.29, 0.717) is 0 Å². The van der Waals surface area contributed by atoms with Crippen LogP contribution in [0, 0.1) is 0 Å². The quantitative estimate of drug-likeness (QED) is 0.880.